The number of aromatic nitrogens is 3. The molecule has 1 aromatic heterocycles. The molecular weight excluding hydrogens is 114 g/mol. The lowest BCUT2D eigenvalue weighted by Gasteiger charge is -1.85. The molecule has 1 aromatic rings. The van der Waals surface area contributed by atoms with Gasteiger partial charge < -0.3 is 0 Å². The van der Waals surface area contributed by atoms with Crippen LogP contribution < -0.4 is 0 Å². The third kappa shape index (κ3) is 1.52. The Bertz CT molecular complexity index is 180. The van der Waals surface area contributed by atoms with E-state index in [4.69, 9.17) is 0 Å². The Hall–Kier alpha value is -0.860. The topological polar surface area (TPSA) is 30.7 Å². The standard InChI is InChI=1S/C6H11N3/c1-3-4-6-7-5-9(2)8-6/h5H,3-4H2,1-2H3. The van der Waals surface area contributed by atoms with E-state index in [9.17, 15) is 0 Å². The smallest absolute Gasteiger partial charge is 0.150 e. The molecule has 0 saturated carbocycles. The fourth-order valence-corrected chi connectivity index (χ4v) is 0.722. The van der Waals surface area contributed by atoms with Crippen LogP contribution in [0.15, 0.2) is 6.33 Å². The highest BCUT2D eigenvalue weighted by atomic mass is 15.3. The Labute approximate surface area is 54.7 Å². The van der Waals surface area contributed by atoms with Crippen molar-refractivity contribution in [3.05, 3.63) is 12.2 Å². The average Bonchev–Trinajstić information content (AvgIpc) is 2.17. The molecule has 50 valence electrons. The summed E-state index contributed by atoms with van der Waals surface area (Å²) in [7, 11) is 1.88. The lowest BCUT2D eigenvalue weighted by molar-refractivity contribution is 0.732. The Morgan fingerprint density at radius 3 is 2.89 bits per heavy atom. The normalized spacial score (nSPS) is 10.0. The first-order valence-corrected chi connectivity index (χ1v) is 3.17. The van der Waals surface area contributed by atoms with Crippen molar-refractivity contribution in [2.75, 3.05) is 0 Å². The van der Waals surface area contributed by atoms with Gasteiger partial charge in [0, 0.05) is 13.5 Å². The average molecular weight is 125 g/mol. The molecule has 0 bridgehead atoms. The van der Waals surface area contributed by atoms with E-state index in [0.717, 1.165) is 18.7 Å². The lowest BCUT2D eigenvalue weighted by atomic mass is 10.3. The van der Waals surface area contributed by atoms with E-state index in [1.165, 1.54) is 0 Å². The predicted octanol–water partition coefficient (Wildman–Crippen LogP) is 0.768. The van der Waals surface area contributed by atoms with Gasteiger partial charge >= 0.3 is 0 Å². The molecule has 0 spiro atoms. The van der Waals surface area contributed by atoms with Crippen LogP contribution in [0, 0.1) is 0 Å². The molecule has 1 heterocycles. The fourth-order valence-electron chi connectivity index (χ4n) is 0.722. The lowest BCUT2D eigenvalue weighted by Crippen LogP contribution is -1.90. The van der Waals surface area contributed by atoms with E-state index in [0.29, 0.717) is 0 Å². The first kappa shape index (κ1) is 6.26. The van der Waals surface area contributed by atoms with Gasteiger partial charge in [-0.1, -0.05) is 6.92 Å². The summed E-state index contributed by atoms with van der Waals surface area (Å²) in [5.41, 5.74) is 0. The Balaban J connectivity index is 2.61. The molecule has 0 amide bonds. The molecule has 0 aliphatic heterocycles. The second-order valence-corrected chi connectivity index (χ2v) is 2.08. The van der Waals surface area contributed by atoms with Crippen molar-refractivity contribution >= 4 is 0 Å². The van der Waals surface area contributed by atoms with Crippen LogP contribution in [0.2, 0.25) is 0 Å². The summed E-state index contributed by atoms with van der Waals surface area (Å²) in [6.07, 6.45) is 3.83. The van der Waals surface area contributed by atoms with E-state index in [-0.39, 0.29) is 0 Å². The van der Waals surface area contributed by atoms with Gasteiger partial charge in [0.1, 0.15) is 6.33 Å². The number of aryl methyl sites for hydroxylation is 2. The van der Waals surface area contributed by atoms with Crippen LogP contribution in [0.3, 0.4) is 0 Å². The number of rotatable bonds is 2. The van der Waals surface area contributed by atoms with Crippen molar-refractivity contribution in [3.8, 4) is 0 Å². The molecule has 0 fully saturated rings. The Morgan fingerprint density at radius 2 is 2.44 bits per heavy atom. The molecule has 9 heavy (non-hydrogen) atoms. The van der Waals surface area contributed by atoms with Crippen LogP contribution in [-0.2, 0) is 13.5 Å². The fraction of sp³-hybridized carbons (Fsp3) is 0.667. The molecular formula is C6H11N3. The molecule has 0 saturated heterocycles. The zero-order valence-electron chi connectivity index (χ0n) is 5.83. The molecule has 0 atom stereocenters. The molecule has 0 aromatic carbocycles. The van der Waals surface area contributed by atoms with Crippen LogP contribution in [0.4, 0.5) is 0 Å². The van der Waals surface area contributed by atoms with Gasteiger partial charge in [0.15, 0.2) is 5.82 Å². The molecule has 0 unspecified atom stereocenters. The minimum atomic E-state index is 0.944. The van der Waals surface area contributed by atoms with E-state index in [1.54, 1.807) is 11.0 Å². The van der Waals surface area contributed by atoms with Crippen LogP contribution in [-0.4, -0.2) is 14.8 Å². The van der Waals surface area contributed by atoms with E-state index in [2.05, 4.69) is 17.0 Å². The van der Waals surface area contributed by atoms with Crippen LogP contribution in [0.5, 0.6) is 0 Å². The summed E-state index contributed by atoms with van der Waals surface area (Å²) in [6.45, 7) is 2.12. The second-order valence-electron chi connectivity index (χ2n) is 2.08. The first-order valence-electron chi connectivity index (χ1n) is 3.17. The van der Waals surface area contributed by atoms with Gasteiger partial charge in [0.05, 0.1) is 0 Å². The molecule has 0 N–H and O–H groups in total. The molecule has 1 rings (SSSR count). The van der Waals surface area contributed by atoms with Crippen molar-refractivity contribution in [3.63, 3.8) is 0 Å². The van der Waals surface area contributed by atoms with Crippen LogP contribution in [0.1, 0.15) is 19.2 Å². The summed E-state index contributed by atoms with van der Waals surface area (Å²) in [4.78, 5) is 4.06. The van der Waals surface area contributed by atoms with Crippen LogP contribution >= 0.6 is 0 Å². The largest absolute Gasteiger partial charge is 0.256 e. The summed E-state index contributed by atoms with van der Waals surface area (Å²) in [5.74, 6) is 0.944. The number of nitrogens with zero attached hydrogens (tertiary/aromatic N) is 3. The second kappa shape index (κ2) is 2.62. The Morgan fingerprint density at radius 1 is 1.67 bits per heavy atom. The van der Waals surface area contributed by atoms with Gasteiger partial charge in [-0.3, -0.25) is 4.68 Å². The summed E-state index contributed by atoms with van der Waals surface area (Å²) in [5, 5.41) is 4.11. The maximum Gasteiger partial charge on any atom is 0.150 e. The van der Waals surface area contributed by atoms with Gasteiger partial charge in [-0.25, -0.2) is 4.98 Å². The summed E-state index contributed by atoms with van der Waals surface area (Å²) in [6, 6.07) is 0. The van der Waals surface area contributed by atoms with Gasteiger partial charge in [-0.15, -0.1) is 0 Å². The predicted molar refractivity (Wildman–Crippen MR) is 35.0 cm³/mol. The zero-order valence-corrected chi connectivity index (χ0v) is 5.83. The van der Waals surface area contributed by atoms with Gasteiger partial charge in [0.25, 0.3) is 0 Å². The maximum absolute atomic E-state index is 4.11. The van der Waals surface area contributed by atoms with Crippen molar-refractivity contribution in [1.29, 1.82) is 0 Å². The van der Waals surface area contributed by atoms with Crippen molar-refractivity contribution in [2.24, 2.45) is 7.05 Å². The quantitative estimate of drug-likeness (QED) is 0.584. The van der Waals surface area contributed by atoms with Crippen molar-refractivity contribution in [2.45, 2.75) is 19.8 Å². The molecule has 3 heteroatoms. The number of hydrogen-bond acceptors (Lipinski definition) is 2. The van der Waals surface area contributed by atoms with Crippen molar-refractivity contribution < 1.29 is 0 Å². The summed E-state index contributed by atoms with van der Waals surface area (Å²) < 4.78 is 1.73. The molecule has 0 radical (unpaired) electrons. The third-order valence-corrected chi connectivity index (χ3v) is 1.12. The highest BCUT2D eigenvalue weighted by Gasteiger charge is 1.93. The maximum atomic E-state index is 4.11. The summed E-state index contributed by atoms with van der Waals surface area (Å²) >= 11 is 0. The minimum absolute atomic E-state index is 0.944. The molecule has 0 aliphatic carbocycles. The van der Waals surface area contributed by atoms with Gasteiger partial charge in [0.2, 0.25) is 0 Å². The van der Waals surface area contributed by atoms with E-state index >= 15 is 0 Å². The third-order valence-electron chi connectivity index (χ3n) is 1.12. The molecule has 3 nitrogen and oxygen atoms in total. The number of hydrogen-bond donors (Lipinski definition) is 0. The highest BCUT2D eigenvalue weighted by Crippen LogP contribution is 1.91. The first-order chi connectivity index (χ1) is 4.33. The molecule has 0 aliphatic rings. The van der Waals surface area contributed by atoms with Gasteiger partial charge in [-0.2, -0.15) is 5.10 Å². The van der Waals surface area contributed by atoms with E-state index in [1.807, 2.05) is 7.05 Å². The SMILES string of the molecule is CCCc1ncn(C)n1. The van der Waals surface area contributed by atoms with Gasteiger partial charge in [-0.05, 0) is 6.42 Å². The Kier molecular flexibility index (Phi) is 1.82. The van der Waals surface area contributed by atoms with E-state index < -0.39 is 0 Å². The zero-order chi connectivity index (χ0) is 6.69. The minimum Gasteiger partial charge on any atom is -0.256 e. The van der Waals surface area contributed by atoms with Crippen molar-refractivity contribution in [1.82, 2.24) is 14.8 Å². The monoisotopic (exact) mass is 125 g/mol. The highest BCUT2D eigenvalue weighted by molar-refractivity contribution is 4.79. The van der Waals surface area contributed by atoms with Crippen LogP contribution in [0.25, 0.3) is 0 Å².